The second kappa shape index (κ2) is 2.66. The van der Waals surface area contributed by atoms with E-state index in [1.807, 2.05) is 0 Å². The molecule has 2 unspecified atom stereocenters. The number of halogens is 2. The molecule has 2 N–H and O–H groups in total. The molecule has 2 atom stereocenters. The third kappa shape index (κ3) is 1.47. The second-order valence-corrected chi connectivity index (χ2v) is 4.88. The van der Waals surface area contributed by atoms with Gasteiger partial charge >= 0.3 is 0 Å². The van der Waals surface area contributed by atoms with Crippen LogP contribution in [0.5, 0.6) is 0 Å². The molecule has 0 aromatic rings. The molecule has 0 spiro atoms. The van der Waals surface area contributed by atoms with Gasteiger partial charge in [-0.15, -0.1) is 0 Å². The first-order valence-corrected chi connectivity index (χ1v) is 5.09. The van der Waals surface area contributed by atoms with Crippen LogP contribution in [0.15, 0.2) is 0 Å². The van der Waals surface area contributed by atoms with Gasteiger partial charge in [0, 0.05) is 13.0 Å². The third-order valence-electron chi connectivity index (χ3n) is 3.74. The summed E-state index contributed by atoms with van der Waals surface area (Å²) in [5, 5.41) is 0. The van der Waals surface area contributed by atoms with Gasteiger partial charge in [-0.25, -0.2) is 8.78 Å². The van der Waals surface area contributed by atoms with Crippen molar-refractivity contribution in [3.63, 3.8) is 0 Å². The van der Waals surface area contributed by atoms with Gasteiger partial charge in [0.25, 0.3) is 5.92 Å². The van der Waals surface area contributed by atoms with Gasteiger partial charge in [0.05, 0.1) is 5.41 Å². The van der Waals surface area contributed by atoms with E-state index >= 15 is 0 Å². The minimum Gasteiger partial charge on any atom is -0.330 e. The Kier molecular flexibility index (Phi) is 1.92. The highest BCUT2D eigenvalue weighted by Gasteiger charge is 2.70. The van der Waals surface area contributed by atoms with Crippen molar-refractivity contribution in [3.05, 3.63) is 0 Å². The maximum Gasteiger partial charge on any atom is 0.255 e. The molecule has 2 aliphatic rings. The zero-order valence-corrected chi connectivity index (χ0v) is 8.02. The van der Waals surface area contributed by atoms with Crippen LogP contribution in [0.2, 0.25) is 0 Å². The molecule has 2 aliphatic carbocycles. The van der Waals surface area contributed by atoms with Gasteiger partial charge in [0.1, 0.15) is 0 Å². The molecule has 1 nitrogen and oxygen atoms in total. The largest absolute Gasteiger partial charge is 0.330 e. The highest BCUT2D eigenvalue weighted by atomic mass is 19.3. The summed E-state index contributed by atoms with van der Waals surface area (Å²) in [6.45, 7) is 2.24. The number of hydrogen-bond acceptors (Lipinski definition) is 1. The topological polar surface area (TPSA) is 26.0 Å². The van der Waals surface area contributed by atoms with E-state index in [1.54, 1.807) is 0 Å². The van der Waals surface area contributed by atoms with Crippen LogP contribution in [0.3, 0.4) is 0 Å². The van der Waals surface area contributed by atoms with Crippen molar-refractivity contribution in [3.8, 4) is 0 Å². The smallest absolute Gasteiger partial charge is 0.255 e. The molecule has 2 saturated carbocycles. The van der Waals surface area contributed by atoms with Gasteiger partial charge in [-0.1, -0.05) is 6.92 Å². The first-order valence-electron chi connectivity index (χ1n) is 5.09. The lowest BCUT2D eigenvalue weighted by atomic mass is 9.89. The lowest BCUT2D eigenvalue weighted by Crippen LogP contribution is -2.25. The van der Waals surface area contributed by atoms with Gasteiger partial charge in [0.15, 0.2) is 0 Å². The van der Waals surface area contributed by atoms with Crippen LogP contribution in [0.1, 0.15) is 32.6 Å². The van der Waals surface area contributed by atoms with E-state index in [9.17, 15) is 8.78 Å². The molecule has 76 valence electrons. The predicted octanol–water partition coefficient (Wildman–Crippen LogP) is 2.41. The SMILES string of the molecule is CC(CC1(CN)CC1(F)F)C1CC1. The van der Waals surface area contributed by atoms with Gasteiger partial charge in [-0.2, -0.15) is 0 Å². The van der Waals surface area contributed by atoms with Gasteiger partial charge in [-0.05, 0) is 31.1 Å². The Labute approximate surface area is 77.7 Å². The summed E-state index contributed by atoms with van der Waals surface area (Å²) in [4.78, 5) is 0. The van der Waals surface area contributed by atoms with Gasteiger partial charge in [-0.3, -0.25) is 0 Å². The Morgan fingerprint density at radius 2 is 2.00 bits per heavy atom. The van der Waals surface area contributed by atoms with Crippen LogP contribution in [-0.2, 0) is 0 Å². The highest BCUT2D eigenvalue weighted by molar-refractivity contribution is 5.11. The molecule has 0 heterocycles. The zero-order valence-electron chi connectivity index (χ0n) is 8.02. The minimum atomic E-state index is -2.47. The maximum atomic E-state index is 13.0. The Bertz CT molecular complexity index is 213. The Morgan fingerprint density at radius 3 is 2.31 bits per heavy atom. The molecular formula is C10H17F2N. The van der Waals surface area contributed by atoms with Crippen molar-refractivity contribution in [2.24, 2.45) is 23.0 Å². The Balaban J connectivity index is 1.92. The van der Waals surface area contributed by atoms with Crippen LogP contribution >= 0.6 is 0 Å². The standard InChI is InChI=1S/C10H17F2N/c1-7(8-2-3-8)4-9(6-13)5-10(9,11)12/h7-8H,2-6,13H2,1H3. The lowest BCUT2D eigenvalue weighted by molar-refractivity contribution is 0.0562. The van der Waals surface area contributed by atoms with Crippen LogP contribution < -0.4 is 5.73 Å². The minimum absolute atomic E-state index is 0.0214. The molecule has 3 heteroatoms. The monoisotopic (exact) mass is 189 g/mol. The fraction of sp³-hybridized carbons (Fsp3) is 1.00. The van der Waals surface area contributed by atoms with E-state index in [0.717, 1.165) is 0 Å². The van der Waals surface area contributed by atoms with Crippen molar-refractivity contribution in [2.45, 2.75) is 38.5 Å². The fourth-order valence-corrected chi connectivity index (χ4v) is 2.36. The normalized spacial score (nSPS) is 38.8. The van der Waals surface area contributed by atoms with E-state index in [1.165, 1.54) is 12.8 Å². The van der Waals surface area contributed by atoms with Crippen molar-refractivity contribution in [2.75, 3.05) is 6.54 Å². The molecular weight excluding hydrogens is 172 g/mol. The lowest BCUT2D eigenvalue weighted by Gasteiger charge is -2.18. The van der Waals surface area contributed by atoms with Crippen molar-refractivity contribution >= 4 is 0 Å². The summed E-state index contributed by atoms with van der Waals surface area (Å²) in [5.41, 5.74) is 4.61. The number of alkyl halides is 2. The Hall–Kier alpha value is -0.180. The van der Waals surface area contributed by atoms with Gasteiger partial charge < -0.3 is 5.73 Å². The zero-order chi connectivity index (χ0) is 9.69. The summed E-state index contributed by atoms with van der Waals surface area (Å²) < 4.78 is 26.0. The molecule has 2 rings (SSSR count). The summed E-state index contributed by atoms with van der Waals surface area (Å²) in [6, 6.07) is 0. The second-order valence-electron chi connectivity index (χ2n) is 4.88. The van der Waals surface area contributed by atoms with Gasteiger partial charge in [0.2, 0.25) is 0 Å². The molecule has 0 amide bonds. The number of hydrogen-bond donors (Lipinski definition) is 1. The summed E-state index contributed by atoms with van der Waals surface area (Å²) in [5.74, 6) is -1.32. The van der Waals surface area contributed by atoms with Crippen molar-refractivity contribution in [1.29, 1.82) is 0 Å². The van der Waals surface area contributed by atoms with E-state index in [4.69, 9.17) is 5.73 Å². The molecule has 2 fully saturated rings. The maximum absolute atomic E-state index is 13.0. The highest BCUT2D eigenvalue weighted by Crippen LogP contribution is 2.64. The van der Waals surface area contributed by atoms with Crippen LogP contribution in [0.25, 0.3) is 0 Å². The van der Waals surface area contributed by atoms with E-state index in [-0.39, 0.29) is 13.0 Å². The molecule has 13 heavy (non-hydrogen) atoms. The predicted molar refractivity (Wildman–Crippen MR) is 47.6 cm³/mol. The van der Waals surface area contributed by atoms with E-state index in [0.29, 0.717) is 18.3 Å². The quantitative estimate of drug-likeness (QED) is 0.722. The summed E-state index contributed by atoms with van der Waals surface area (Å²) in [7, 11) is 0. The molecule has 0 bridgehead atoms. The van der Waals surface area contributed by atoms with Crippen LogP contribution in [-0.4, -0.2) is 12.5 Å². The number of nitrogens with two attached hydrogens (primary N) is 1. The fourth-order valence-electron chi connectivity index (χ4n) is 2.36. The molecule has 0 radical (unpaired) electrons. The van der Waals surface area contributed by atoms with E-state index < -0.39 is 11.3 Å². The van der Waals surface area contributed by atoms with Crippen molar-refractivity contribution in [1.82, 2.24) is 0 Å². The molecule has 0 aromatic heterocycles. The van der Waals surface area contributed by atoms with E-state index in [2.05, 4.69) is 6.92 Å². The van der Waals surface area contributed by atoms with Crippen LogP contribution in [0, 0.1) is 17.3 Å². The average molecular weight is 189 g/mol. The average Bonchev–Trinajstić information content (AvgIpc) is 2.88. The first kappa shape index (κ1) is 9.38. The molecule has 0 aromatic carbocycles. The first-order chi connectivity index (χ1) is 6.01. The molecule has 0 aliphatic heterocycles. The summed E-state index contributed by atoms with van der Waals surface area (Å²) >= 11 is 0. The third-order valence-corrected chi connectivity index (χ3v) is 3.74. The summed E-state index contributed by atoms with van der Waals surface area (Å²) in [6.07, 6.45) is 3.11. The molecule has 0 saturated heterocycles. The number of rotatable bonds is 4. The van der Waals surface area contributed by atoms with Crippen molar-refractivity contribution < 1.29 is 8.78 Å². The van der Waals surface area contributed by atoms with Crippen LogP contribution in [0.4, 0.5) is 8.78 Å². The Morgan fingerprint density at radius 1 is 1.46 bits per heavy atom.